The summed E-state index contributed by atoms with van der Waals surface area (Å²) in [5.74, 6) is 1.21. The Hall–Kier alpha value is -3.39. The van der Waals surface area contributed by atoms with Crippen molar-refractivity contribution in [1.29, 1.82) is 0 Å². The number of nitrogens with one attached hydrogen (secondary N) is 2. The number of likely N-dealkylation sites (tertiary alicyclic amines) is 1. The van der Waals surface area contributed by atoms with E-state index in [1.165, 1.54) is 15.5 Å². The highest BCUT2D eigenvalue weighted by atomic mass is 32.1. The summed E-state index contributed by atoms with van der Waals surface area (Å²) < 4.78 is 7.12. The lowest BCUT2D eigenvalue weighted by Gasteiger charge is -2.32. The SMILES string of the molecule is COc1ccc2[nH]cc(C3CCN(C(=O)c4ccc5c(=O)n(C)c(=S)[nH]c5c4)CC3)c2c1. The fourth-order valence-electron chi connectivity index (χ4n) is 4.60. The summed E-state index contributed by atoms with van der Waals surface area (Å²) in [6.45, 7) is 1.37. The van der Waals surface area contributed by atoms with Crippen LogP contribution in [0.4, 0.5) is 0 Å². The van der Waals surface area contributed by atoms with Crippen LogP contribution in [-0.4, -0.2) is 45.5 Å². The number of aromatic nitrogens is 3. The first-order valence-electron chi connectivity index (χ1n) is 10.6. The van der Waals surface area contributed by atoms with Gasteiger partial charge in [-0.1, -0.05) is 0 Å². The molecule has 164 valence electrons. The number of ether oxygens (including phenoxy) is 1. The van der Waals surface area contributed by atoms with E-state index in [0.717, 1.165) is 24.1 Å². The molecule has 0 atom stereocenters. The third kappa shape index (κ3) is 3.40. The van der Waals surface area contributed by atoms with Gasteiger partial charge in [-0.2, -0.15) is 0 Å². The molecule has 1 fully saturated rings. The number of methoxy groups -OCH3 is 1. The number of hydrogen-bond donors (Lipinski definition) is 2. The van der Waals surface area contributed by atoms with E-state index in [9.17, 15) is 9.59 Å². The number of fused-ring (bicyclic) bond motifs is 2. The summed E-state index contributed by atoms with van der Waals surface area (Å²) in [5.41, 5.74) is 3.36. The molecule has 32 heavy (non-hydrogen) atoms. The highest BCUT2D eigenvalue weighted by Gasteiger charge is 2.26. The van der Waals surface area contributed by atoms with E-state index < -0.39 is 0 Å². The number of H-pyrrole nitrogens is 2. The van der Waals surface area contributed by atoms with Crippen molar-refractivity contribution in [2.75, 3.05) is 20.2 Å². The minimum atomic E-state index is -0.168. The number of carbonyl (C=O) groups excluding carboxylic acids is 1. The number of hydrogen-bond acceptors (Lipinski definition) is 4. The Labute approximate surface area is 189 Å². The van der Waals surface area contributed by atoms with Crippen molar-refractivity contribution in [3.8, 4) is 5.75 Å². The van der Waals surface area contributed by atoms with Crippen LogP contribution in [0.15, 0.2) is 47.4 Å². The second-order valence-electron chi connectivity index (χ2n) is 8.28. The molecular weight excluding hydrogens is 424 g/mol. The fourth-order valence-corrected chi connectivity index (χ4v) is 4.79. The summed E-state index contributed by atoms with van der Waals surface area (Å²) in [6, 6.07) is 11.2. The first-order chi connectivity index (χ1) is 15.5. The lowest BCUT2D eigenvalue weighted by Crippen LogP contribution is -2.37. The molecule has 2 N–H and O–H groups in total. The fraction of sp³-hybridized carbons (Fsp3) is 0.292. The molecule has 0 spiro atoms. The quantitative estimate of drug-likeness (QED) is 0.462. The molecule has 2 aromatic heterocycles. The maximum atomic E-state index is 13.1. The Bertz CT molecular complexity index is 1460. The Balaban J connectivity index is 1.35. The zero-order chi connectivity index (χ0) is 22.4. The van der Waals surface area contributed by atoms with Gasteiger partial charge in [0.2, 0.25) is 0 Å². The van der Waals surface area contributed by atoms with Crippen LogP contribution in [0.3, 0.4) is 0 Å². The van der Waals surface area contributed by atoms with E-state index in [-0.39, 0.29) is 11.5 Å². The largest absolute Gasteiger partial charge is 0.497 e. The van der Waals surface area contributed by atoms with Crippen molar-refractivity contribution in [3.05, 3.63) is 68.8 Å². The third-order valence-electron chi connectivity index (χ3n) is 6.49. The van der Waals surface area contributed by atoms with Crippen LogP contribution >= 0.6 is 12.2 Å². The lowest BCUT2D eigenvalue weighted by molar-refractivity contribution is 0.0713. The highest BCUT2D eigenvalue weighted by Crippen LogP contribution is 2.35. The Morgan fingerprint density at radius 2 is 1.88 bits per heavy atom. The number of benzene rings is 2. The second kappa shape index (κ2) is 7.94. The molecule has 0 bridgehead atoms. The Morgan fingerprint density at radius 1 is 1.09 bits per heavy atom. The maximum absolute atomic E-state index is 13.1. The predicted octanol–water partition coefficient (Wildman–Crippen LogP) is 4.11. The van der Waals surface area contributed by atoms with Gasteiger partial charge in [0, 0.05) is 42.8 Å². The average Bonchev–Trinajstić information content (AvgIpc) is 3.25. The molecule has 1 aliphatic rings. The van der Waals surface area contributed by atoms with Gasteiger partial charge >= 0.3 is 0 Å². The van der Waals surface area contributed by atoms with E-state index >= 15 is 0 Å². The van der Waals surface area contributed by atoms with Gasteiger partial charge in [-0.25, -0.2) is 0 Å². The number of aromatic amines is 2. The molecule has 0 aliphatic carbocycles. The molecule has 2 aromatic carbocycles. The van der Waals surface area contributed by atoms with Gasteiger partial charge in [0.15, 0.2) is 4.77 Å². The maximum Gasteiger partial charge on any atom is 0.261 e. The molecule has 0 saturated carbocycles. The monoisotopic (exact) mass is 448 g/mol. The van der Waals surface area contributed by atoms with Crippen LogP contribution in [0, 0.1) is 4.77 Å². The number of rotatable bonds is 3. The van der Waals surface area contributed by atoms with Gasteiger partial charge in [-0.3, -0.25) is 14.2 Å². The summed E-state index contributed by atoms with van der Waals surface area (Å²) in [4.78, 5) is 33.8. The Morgan fingerprint density at radius 3 is 2.62 bits per heavy atom. The lowest BCUT2D eigenvalue weighted by atomic mass is 9.89. The predicted molar refractivity (Wildman–Crippen MR) is 127 cm³/mol. The van der Waals surface area contributed by atoms with Crippen LogP contribution in [0.25, 0.3) is 21.8 Å². The molecular formula is C24H24N4O3S. The van der Waals surface area contributed by atoms with E-state index in [4.69, 9.17) is 17.0 Å². The zero-order valence-electron chi connectivity index (χ0n) is 18.0. The molecule has 7 nitrogen and oxygen atoms in total. The number of amides is 1. The van der Waals surface area contributed by atoms with Crippen molar-refractivity contribution in [2.45, 2.75) is 18.8 Å². The average molecular weight is 449 g/mol. The van der Waals surface area contributed by atoms with Gasteiger partial charge in [0.05, 0.1) is 18.0 Å². The van der Waals surface area contributed by atoms with Crippen molar-refractivity contribution in [3.63, 3.8) is 0 Å². The van der Waals surface area contributed by atoms with Gasteiger partial charge in [0.25, 0.3) is 11.5 Å². The minimum Gasteiger partial charge on any atom is -0.497 e. The van der Waals surface area contributed by atoms with Crippen molar-refractivity contribution >= 4 is 39.9 Å². The van der Waals surface area contributed by atoms with Gasteiger partial charge < -0.3 is 19.6 Å². The van der Waals surface area contributed by atoms with E-state index in [1.54, 1.807) is 32.4 Å². The first kappa shape index (κ1) is 20.5. The zero-order valence-corrected chi connectivity index (χ0v) is 18.8. The third-order valence-corrected chi connectivity index (χ3v) is 6.87. The Kier molecular flexibility index (Phi) is 5.09. The van der Waals surface area contributed by atoms with Crippen LogP contribution in [0.1, 0.15) is 34.7 Å². The molecule has 5 rings (SSSR count). The number of piperidine rings is 1. The van der Waals surface area contributed by atoms with Crippen molar-refractivity contribution in [1.82, 2.24) is 19.4 Å². The standard InChI is InChI=1S/C24H24N4O3S/c1-27-23(30)17-5-3-15(11-21(17)26-24(27)32)22(29)28-9-7-14(8-10-28)19-13-25-20-6-4-16(31-2)12-18(19)20/h3-6,11-14,25H,7-10H2,1-2H3,(H,26,32). The highest BCUT2D eigenvalue weighted by molar-refractivity contribution is 7.71. The minimum absolute atomic E-state index is 0.0223. The molecule has 4 aromatic rings. The normalized spacial score (nSPS) is 14.9. The summed E-state index contributed by atoms with van der Waals surface area (Å²) >= 11 is 5.21. The van der Waals surface area contributed by atoms with Crippen LogP contribution in [-0.2, 0) is 7.05 Å². The molecule has 0 unspecified atom stereocenters. The van der Waals surface area contributed by atoms with Crippen molar-refractivity contribution in [2.24, 2.45) is 7.05 Å². The summed E-state index contributed by atoms with van der Waals surface area (Å²) in [6.07, 6.45) is 3.87. The molecule has 0 radical (unpaired) electrons. The van der Waals surface area contributed by atoms with Gasteiger partial charge in [0.1, 0.15) is 5.75 Å². The van der Waals surface area contributed by atoms with Gasteiger partial charge in [-0.05, 0) is 72.9 Å². The molecule has 8 heteroatoms. The van der Waals surface area contributed by atoms with Gasteiger partial charge in [-0.15, -0.1) is 0 Å². The molecule has 1 amide bonds. The smallest absolute Gasteiger partial charge is 0.261 e. The van der Waals surface area contributed by atoms with Crippen molar-refractivity contribution < 1.29 is 9.53 Å². The van der Waals surface area contributed by atoms with Crippen LogP contribution < -0.4 is 10.3 Å². The van der Waals surface area contributed by atoms with Crippen LogP contribution in [0.2, 0.25) is 0 Å². The van der Waals surface area contributed by atoms with E-state index in [2.05, 4.69) is 22.2 Å². The molecule has 3 heterocycles. The molecule has 1 aliphatic heterocycles. The summed E-state index contributed by atoms with van der Waals surface area (Å²) in [5, 5.41) is 1.70. The second-order valence-corrected chi connectivity index (χ2v) is 8.66. The van der Waals surface area contributed by atoms with Crippen LogP contribution in [0.5, 0.6) is 5.75 Å². The topological polar surface area (TPSA) is 83.1 Å². The number of carbonyl (C=O) groups is 1. The first-order valence-corrected chi connectivity index (χ1v) is 11.0. The van der Waals surface area contributed by atoms with E-state index in [0.29, 0.717) is 40.2 Å². The summed E-state index contributed by atoms with van der Waals surface area (Å²) in [7, 11) is 3.31. The number of nitrogens with zero attached hydrogens (tertiary/aromatic N) is 2. The molecule has 1 saturated heterocycles. The van der Waals surface area contributed by atoms with E-state index in [1.807, 2.05) is 17.0 Å².